The van der Waals surface area contributed by atoms with Gasteiger partial charge in [-0.05, 0) is 153 Å². The summed E-state index contributed by atoms with van der Waals surface area (Å²) in [6.07, 6.45) is 0.330. The van der Waals surface area contributed by atoms with Crippen LogP contribution in [-0.4, -0.2) is 70.1 Å². The molecule has 0 amide bonds. The summed E-state index contributed by atoms with van der Waals surface area (Å²) in [6.45, 7) is 27.9. The highest BCUT2D eigenvalue weighted by molar-refractivity contribution is 9.08. The van der Waals surface area contributed by atoms with Gasteiger partial charge in [0, 0.05) is 17.7 Å². The molecule has 0 aromatic carbocycles. The first-order valence-electron chi connectivity index (χ1n) is 19.6. The lowest BCUT2D eigenvalue weighted by molar-refractivity contribution is 0.122. The van der Waals surface area contributed by atoms with Crippen LogP contribution in [0.4, 0.5) is 0 Å². The second-order valence-electron chi connectivity index (χ2n) is 15.5. The molecule has 2 heterocycles. The highest BCUT2D eigenvalue weighted by atomic mass is 79.9. The lowest BCUT2D eigenvalue weighted by Crippen LogP contribution is -2.25. The molecule has 344 valence electrons. The number of hydrogen-bond acceptors (Lipinski definition) is 14. The first-order chi connectivity index (χ1) is 27.0. The Kier molecular flexibility index (Phi) is 28.0. The lowest BCUT2D eigenvalue weighted by Gasteiger charge is -2.35. The highest BCUT2D eigenvalue weighted by Crippen LogP contribution is 2.72. The second kappa shape index (κ2) is 28.0. The summed E-state index contributed by atoms with van der Waals surface area (Å²) < 4.78 is 98.4. The summed E-state index contributed by atoms with van der Waals surface area (Å²) in [6, 6.07) is 7.08. The van der Waals surface area contributed by atoms with Crippen LogP contribution in [-0.2, 0) is 66.2 Å². The van der Waals surface area contributed by atoms with Crippen LogP contribution in [0.3, 0.4) is 0 Å². The van der Waals surface area contributed by atoms with Crippen molar-refractivity contribution in [3.05, 3.63) is 58.1 Å². The van der Waals surface area contributed by atoms with Crippen LogP contribution < -0.4 is 0 Å². The molecule has 0 saturated carbocycles. The Morgan fingerprint density at radius 3 is 1.00 bits per heavy atom. The molecule has 0 atom stereocenters. The molecule has 0 bridgehead atoms. The molecule has 0 aliphatic carbocycles. The number of nitrogens with zero attached hydrogens (tertiary/aromatic N) is 2. The summed E-state index contributed by atoms with van der Waals surface area (Å²) in [5.41, 5.74) is 1.82. The topological polar surface area (TPSA) is 168 Å². The summed E-state index contributed by atoms with van der Waals surface area (Å²) in [5, 5.41) is 0.486. The minimum atomic E-state index is -3.93. The Bertz CT molecular complexity index is 1570. The van der Waals surface area contributed by atoms with E-state index in [0.29, 0.717) is 10.7 Å². The van der Waals surface area contributed by atoms with Gasteiger partial charge in [0.25, 0.3) is 0 Å². The van der Waals surface area contributed by atoms with Crippen molar-refractivity contribution >= 4 is 69.5 Å². The van der Waals surface area contributed by atoms with Crippen molar-refractivity contribution in [1.29, 1.82) is 0 Å². The molecule has 14 nitrogen and oxygen atoms in total. The molecule has 21 heteroatoms. The third-order valence-electron chi connectivity index (χ3n) is 6.15. The van der Waals surface area contributed by atoms with E-state index in [2.05, 4.69) is 25.9 Å². The summed E-state index contributed by atoms with van der Waals surface area (Å²) >= 11 is 14.9. The van der Waals surface area contributed by atoms with Gasteiger partial charge in [0.2, 0.25) is 0 Å². The zero-order valence-corrected chi connectivity index (χ0v) is 44.2. The average molecular weight is 1020 g/mol. The van der Waals surface area contributed by atoms with Crippen LogP contribution in [0.1, 0.15) is 122 Å². The van der Waals surface area contributed by atoms with Gasteiger partial charge < -0.3 is 36.2 Å². The maximum absolute atomic E-state index is 14.0. The van der Waals surface area contributed by atoms with Gasteiger partial charge in [0.15, 0.2) is 11.3 Å². The van der Waals surface area contributed by atoms with Crippen LogP contribution in [0.5, 0.6) is 0 Å². The molecule has 0 aliphatic rings. The van der Waals surface area contributed by atoms with E-state index < -0.39 is 60.2 Å². The van der Waals surface area contributed by atoms with Crippen molar-refractivity contribution in [3.8, 4) is 0 Å². The number of halogens is 3. The van der Waals surface area contributed by atoms with Crippen LogP contribution in [0.2, 0.25) is 10.3 Å². The minimum absolute atomic E-state index is 0.0652. The fraction of sp³-hybridized carbons (Fsp3) is 0.737. The molecule has 0 aliphatic heterocycles. The van der Waals surface area contributed by atoms with Crippen molar-refractivity contribution in [1.82, 2.24) is 9.97 Å². The Morgan fingerprint density at radius 1 is 0.492 bits per heavy atom. The molecule has 0 fully saturated rings. The zero-order valence-electron chi connectivity index (χ0n) is 37.5. The van der Waals surface area contributed by atoms with Crippen molar-refractivity contribution in [2.45, 2.75) is 177 Å². The molecule has 2 aromatic rings. The molecule has 59 heavy (non-hydrogen) atoms. The summed E-state index contributed by atoms with van der Waals surface area (Å²) in [7, 11) is -15.0. The first kappa shape index (κ1) is 59.0. The van der Waals surface area contributed by atoms with Gasteiger partial charge in [-0.3, -0.25) is 18.3 Å². The van der Waals surface area contributed by atoms with Crippen molar-refractivity contribution < 1.29 is 54.5 Å². The van der Waals surface area contributed by atoms with Crippen LogP contribution in [0.15, 0.2) is 36.7 Å². The molecule has 0 saturated heterocycles. The summed E-state index contributed by atoms with van der Waals surface area (Å²) in [4.78, 5) is 7.80. The molecule has 2 rings (SSSR count). The third-order valence-corrected chi connectivity index (χ3v) is 19.3. The van der Waals surface area contributed by atoms with Gasteiger partial charge in [-0.2, -0.15) is 0 Å². The van der Waals surface area contributed by atoms with E-state index in [1.165, 1.54) is 6.20 Å². The van der Waals surface area contributed by atoms with E-state index in [9.17, 15) is 18.3 Å². The Hall–Kier alpha value is -0.0400. The van der Waals surface area contributed by atoms with E-state index in [1.807, 2.05) is 12.1 Å². The number of hydrogen-bond donors (Lipinski definition) is 0. The SMILES string of the molecule is CC(C)OP(=O)(CP(=O)(OC(C)C)OC(C)C)OC(C)C.CC(C)OP(=O)(OC(C)C)C(Cc1ccnc(Cl)c1)P(=O)(OC(C)C)OC(C)C.Clc1cc(CBr)ccn1. The fourth-order valence-corrected chi connectivity index (χ4v) is 17.0. The van der Waals surface area contributed by atoms with Gasteiger partial charge in [-0.1, -0.05) is 39.1 Å². The predicted molar refractivity (Wildman–Crippen MR) is 244 cm³/mol. The standard InChI is InChI=1S/C19H34ClNO6P2.C13H30O6P2.C6H5BrClN/c1-13(2)24-28(22,25-14(3)4)19(12-17-9-10-21-18(20)11-17)29(23,26-15(5)6)27-16(7)8;1-10(2)16-20(14,17-11(3)4)9-21(15,18-12(5)6)19-13(7)8;7-4-5-1-2-9-6(8)3-5/h9-11,13-16,19H,12H2,1-8H3;10-13H,9H2,1-8H3;1-3H,4H2. The van der Waals surface area contributed by atoms with E-state index in [1.54, 1.807) is 129 Å². The normalized spacial score (nSPS) is 13.0. The van der Waals surface area contributed by atoms with Crippen LogP contribution in [0.25, 0.3) is 0 Å². The first-order valence-corrected chi connectivity index (χ1v) is 28.1. The zero-order chi connectivity index (χ0) is 45.9. The molecule has 0 unspecified atom stereocenters. The highest BCUT2D eigenvalue weighted by Gasteiger charge is 2.53. The molecule has 0 spiro atoms. The van der Waals surface area contributed by atoms with Crippen molar-refractivity contribution in [2.75, 3.05) is 5.90 Å². The van der Waals surface area contributed by atoms with Crippen LogP contribution >= 0.6 is 69.5 Å². The lowest BCUT2D eigenvalue weighted by atomic mass is 10.2. The van der Waals surface area contributed by atoms with Crippen molar-refractivity contribution in [2.24, 2.45) is 0 Å². The van der Waals surface area contributed by atoms with E-state index >= 15 is 0 Å². The van der Waals surface area contributed by atoms with Gasteiger partial charge in [-0.15, -0.1) is 0 Å². The molecule has 2 aromatic heterocycles. The van der Waals surface area contributed by atoms with E-state index in [0.717, 1.165) is 10.9 Å². The Morgan fingerprint density at radius 2 is 0.763 bits per heavy atom. The molecule has 0 radical (unpaired) electrons. The minimum Gasteiger partial charge on any atom is -0.305 e. The monoisotopic (exact) mass is 1020 g/mol. The Labute approximate surface area is 372 Å². The maximum Gasteiger partial charge on any atom is 0.346 e. The average Bonchev–Trinajstić information content (AvgIpc) is 3.00. The molecular formula is C38H69BrCl2N2O12P4. The molecular weight excluding hydrogens is 951 g/mol. The smallest absolute Gasteiger partial charge is 0.305 e. The predicted octanol–water partition coefficient (Wildman–Crippen LogP) is 14.3. The van der Waals surface area contributed by atoms with Gasteiger partial charge in [-0.25, -0.2) is 9.97 Å². The summed E-state index contributed by atoms with van der Waals surface area (Å²) in [5.74, 6) is -0.382. The number of aromatic nitrogens is 2. The van der Waals surface area contributed by atoms with Gasteiger partial charge in [0.05, 0.1) is 48.8 Å². The Balaban J connectivity index is 0.000000970. The molecule has 0 N–H and O–H groups in total. The van der Waals surface area contributed by atoms with Gasteiger partial charge >= 0.3 is 30.4 Å². The van der Waals surface area contributed by atoms with E-state index in [-0.39, 0.29) is 41.9 Å². The quantitative estimate of drug-likeness (QED) is 0.0585. The van der Waals surface area contributed by atoms with E-state index in [4.69, 9.17) is 59.4 Å². The third kappa shape index (κ3) is 25.7. The number of rotatable bonds is 23. The second-order valence-corrected chi connectivity index (χ2v) is 25.9. The maximum atomic E-state index is 14.0. The largest absolute Gasteiger partial charge is 0.346 e. The fourth-order valence-electron chi connectivity index (χ4n) is 4.89. The van der Waals surface area contributed by atoms with Crippen LogP contribution in [0, 0.1) is 0 Å². The number of alkyl halides is 1. The van der Waals surface area contributed by atoms with Crippen molar-refractivity contribution in [3.63, 3.8) is 0 Å². The van der Waals surface area contributed by atoms with Gasteiger partial charge in [0.1, 0.15) is 10.3 Å². The number of pyridine rings is 2.